The van der Waals surface area contributed by atoms with Gasteiger partial charge in [-0.3, -0.25) is 9.59 Å². The van der Waals surface area contributed by atoms with Gasteiger partial charge in [-0.1, -0.05) is 82.2 Å². The highest BCUT2D eigenvalue weighted by Crippen LogP contribution is 2.29. The van der Waals surface area contributed by atoms with Crippen LogP contribution in [0.4, 0.5) is 0 Å². The van der Waals surface area contributed by atoms with Crippen molar-refractivity contribution in [3.63, 3.8) is 0 Å². The first-order valence-electron chi connectivity index (χ1n) is 11.7. The molecule has 0 amide bonds. The van der Waals surface area contributed by atoms with Crippen molar-refractivity contribution in [3.8, 4) is 5.75 Å². The Hall–Kier alpha value is -1.86. The summed E-state index contributed by atoms with van der Waals surface area (Å²) in [6.45, 7) is 5.52. The van der Waals surface area contributed by atoms with Crippen LogP contribution in [0.25, 0.3) is 0 Å². The molecule has 0 aliphatic rings. The highest BCUT2D eigenvalue weighted by atomic mass is 32.2. The number of aliphatic hydroxyl groups is 1. The smallest absolute Gasteiger partial charge is 0.341 e. The minimum atomic E-state index is -1.58. The van der Waals surface area contributed by atoms with Gasteiger partial charge in [0, 0.05) is 6.42 Å². The van der Waals surface area contributed by atoms with Crippen LogP contribution in [0.15, 0.2) is 24.3 Å². The molecule has 0 radical (unpaired) electrons. The molecule has 6 nitrogen and oxygen atoms in total. The second kappa shape index (κ2) is 15.9. The molecule has 0 saturated carbocycles. The highest BCUT2D eigenvalue weighted by molar-refractivity contribution is 8.14. The van der Waals surface area contributed by atoms with Crippen LogP contribution in [-0.4, -0.2) is 33.7 Å². The standard InChI is InChI=1S/C25H38O6S/c1-4-6-7-8-9-10-11-12-13-18-23(27)32-25(3,29)19-22(26)31-21-17-15-14-16-20(21)24(28)30-5-2/h14-17,29H,4-13,18-19H2,1-3H3. The van der Waals surface area contributed by atoms with E-state index in [0.29, 0.717) is 6.42 Å². The van der Waals surface area contributed by atoms with Gasteiger partial charge in [-0.2, -0.15) is 0 Å². The SMILES string of the molecule is CCCCCCCCCCCC(=O)SC(C)(O)CC(=O)Oc1ccccc1C(=O)OCC. The van der Waals surface area contributed by atoms with E-state index in [2.05, 4.69) is 6.92 Å². The van der Waals surface area contributed by atoms with Gasteiger partial charge in [0.2, 0.25) is 0 Å². The zero-order chi connectivity index (χ0) is 23.8. The van der Waals surface area contributed by atoms with Gasteiger partial charge in [0.15, 0.2) is 5.12 Å². The van der Waals surface area contributed by atoms with E-state index < -0.39 is 16.9 Å². The monoisotopic (exact) mass is 466 g/mol. The van der Waals surface area contributed by atoms with Crippen LogP contribution in [0.2, 0.25) is 0 Å². The molecule has 1 unspecified atom stereocenters. The highest BCUT2D eigenvalue weighted by Gasteiger charge is 2.30. The lowest BCUT2D eigenvalue weighted by Crippen LogP contribution is -2.28. The van der Waals surface area contributed by atoms with Crippen LogP contribution in [0.3, 0.4) is 0 Å². The quantitative estimate of drug-likeness (QED) is 0.137. The summed E-state index contributed by atoms with van der Waals surface area (Å²) in [5.74, 6) is -1.25. The third-order valence-electron chi connectivity index (χ3n) is 4.90. The Morgan fingerprint density at radius 3 is 2.16 bits per heavy atom. The third kappa shape index (κ3) is 12.2. The summed E-state index contributed by atoms with van der Waals surface area (Å²) < 4.78 is 10.2. The van der Waals surface area contributed by atoms with E-state index in [0.717, 1.165) is 31.0 Å². The summed E-state index contributed by atoms with van der Waals surface area (Å²) in [6, 6.07) is 6.26. The van der Waals surface area contributed by atoms with E-state index in [1.807, 2.05) is 0 Å². The number of carbonyl (C=O) groups excluding carboxylic acids is 3. The van der Waals surface area contributed by atoms with Gasteiger partial charge in [-0.15, -0.1) is 0 Å². The van der Waals surface area contributed by atoms with E-state index in [-0.39, 0.29) is 29.5 Å². The first kappa shape index (κ1) is 28.2. The Morgan fingerprint density at radius 2 is 1.53 bits per heavy atom. The second-order valence-electron chi connectivity index (χ2n) is 8.09. The van der Waals surface area contributed by atoms with Crippen LogP contribution >= 0.6 is 11.8 Å². The molecule has 32 heavy (non-hydrogen) atoms. The topological polar surface area (TPSA) is 89.9 Å². The number of esters is 2. The number of thioether (sulfide) groups is 1. The van der Waals surface area contributed by atoms with Gasteiger partial charge in [-0.05, 0) is 32.4 Å². The Morgan fingerprint density at radius 1 is 0.938 bits per heavy atom. The first-order chi connectivity index (χ1) is 15.3. The van der Waals surface area contributed by atoms with E-state index in [9.17, 15) is 19.5 Å². The lowest BCUT2D eigenvalue weighted by Gasteiger charge is -2.20. The van der Waals surface area contributed by atoms with Gasteiger partial charge in [-0.25, -0.2) is 4.79 Å². The fourth-order valence-electron chi connectivity index (χ4n) is 3.27. The van der Waals surface area contributed by atoms with Gasteiger partial charge in [0.05, 0.1) is 13.0 Å². The van der Waals surface area contributed by atoms with Crippen LogP contribution in [-0.2, 0) is 14.3 Å². The van der Waals surface area contributed by atoms with Gasteiger partial charge in [0.25, 0.3) is 0 Å². The number of ether oxygens (including phenoxy) is 2. The van der Waals surface area contributed by atoms with E-state index in [4.69, 9.17) is 9.47 Å². The summed E-state index contributed by atoms with van der Waals surface area (Å²) in [5, 5.41) is 10.3. The molecule has 1 rings (SSSR count). The number of rotatable bonds is 16. The number of hydrogen-bond acceptors (Lipinski definition) is 7. The lowest BCUT2D eigenvalue weighted by molar-refractivity contribution is -0.136. The van der Waals surface area contributed by atoms with Crippen molar-refractivity contribution in [1.29, 1.82) is 0 Å². The number of para-hydroxylation sites is 1. The lowest BCUT2D eigenvalue weighted by atomic mass is 10.1. The molecular weight excluding hydrogens is 428 g/mol. The molecule has 0 fully saturated rings. The van der Waals surface area contributed by atoms with Crippen molar-refractivity contribution in [3.05, 3.63) is 29.8 Å². The largest absolute Gasteiger partial charge is 0.462 e. The molecule has 1 N–H and O–H groups in total. The molecule has 0 aliphatic carbocycles. The van der Waals surface area contributed by atoms with E-state index in [1.54, 1.807) is 19.1 Å². The molecule has 1 atom stereocenters. The van der Waals surface area contributed by atoms with Crippen LogP contribution < -0.4 is 4.74 Å². The maximum atomic E-state index is 12.3. The Balaban J connectivity index is 2.36. The first-order valence-corrected chi connectivity index (χ1v) is 12.5. The molecule has 0 aromatic heterocycles. The molecule has 7 heteroatoms. The minimum absolute atomic E-state index is 0.0674. The average Bonchev–Trinajstić information content (AvgIpc) is 2.72. The maximum absolute atomic E-state index is 12.3. The molecule has 1 aromatic carbocycles. The van der Waals surface area contributed by atoms with Crippen molar-refractivity contribution in [1.82, 2.24) is 0 Å². The summed E-state index contributed by atoms with van der Waals surface area (Å²) in [7, 11) is 0. The fraction of sp³-hybridized carbons (Fsp3) is 0.640. The Kier molecular flexibility index (Phi) is 14.0. The second-order valence-corrected chi connectivity index (χ2v) is 9.63. The molecular formula is C25H38O6S. The molecule has 0 spiro atoms. The van der Waals surface area contributed by atoms with Crippen molar-refractivity contribution in [2.75, 3.05) is 6.61 Å². The minimum Gasteiger partial charge on any atom is -0.462 e. The van der Waals surface area contributed by atoms with Crippen LogP contribution in [0, 0.1) is 0 Å². The van der Waals surface area contributed by atoms with Crippen molar-refractivity contribution in [2.24, 2.45) is 0 Å². The van der Waals surface area contributed by atoms with Crippen LogP contribution in [0.1, 0.15) is 102 Å². The summed E-state index contributed by atoms with van der Waals surface area (Å²) in [6.07, 6.45) is 10.5. The zero-order valence-electron chi connectivity index (χ0n) is 19.7. The molecule has 1 aromatic rings. The maximum Gasteiger partial charge on any atom is 0.341 e. The van der Waals surface area contributed by atoms with E-state index >= 15 is 0 Å². The normalized spacial score (nSPS) is 12.8. The van der Waals surface area contributed by atoms with Crippen molar-refractivity contribution in [2.45, 2.75) is 96.3 Å². The third-order valence-corrected chi connectivity index (χ3v) is 5.91. The van der Waals surface area contributed by atoms with E-state index in [1.165, 1.54) is 57.6 Å². The fourth-order valence-corrected chi connectivity index (χ4v) is 4.20. The van der Waals surface area contributed by atoms with Crippen LogP contribution in [0.5, 0.6) is 5.75 Å². The summed E-state index contributed by atoms with van der Waals surface area (Å²) in [5.41, 5.74) is 0.136. The number of carbonyl (C=O) groups is 3. The number of benzene rings is 1. The summed E-state index contributed by atoms with van der Waals surface area (Å²) in [4.78, 5) is 34.9. The van der Waals surface area contributed by atoms with Gasteiger partial charge >= 0.3 is 11.9 Å². The zero-order valence-corrected chi connectivity index (χ0v) is 20.5. The molecule has 0 bridgehead atoms. The van der Waals surface area contributed by atoms with Crippen molar-refractivity contribution >= 4 is 28.8 Å². The number of unbranched alkanes of at least 4 members (excludes halogenated alkanes) is 8. The Labute approximate surface area is 196 Å². The molecule has 0 heterocycles. The van der Waals surface area contributed by atoms with Gasteiger partial charge in [0.1, 0.15) is 16.2 Å². The molecule has 0 saturated heterocycles. The van der Waals surface area contributed by atoms with Gasteiger partial charge < -0.3 is 14.6 Å². The van der Waals surface area contributed by atoms with Crippen molar-refractivity contribution < 1.29 is 29.0 Å². The average molecular weight is 467 g/mol. The predicted molar refractivity (Wildman–Crippen MR) is 128 cm³/mol. The molecule has 180 valence electrons. The Bertz CT molecular complexity index is 716. The predicted octanol–water partition coefficient (Wildman–Crippen LogP) is 6.05. The number of hydrogen-bond donors (Lipinski definition) is 1. The summed E-state index contributed by atoms with van der Waals surface area (Å²) >= 11 is 0.761. The molecule has 0 aliphatic heterocycles.